The third kappa shape index (κ3) is 4.84. The van der Waals surface area contributed by atoms with E-state index in [2.05, 4.69) is 22.3 Å². The number of benzene rings is 2. The maximum atomic E-state index is 13.6. The Morgan fingerprint density at radius 2 is 1.76 bits per heavy atom. The SMILES string of the molecule is O=C(NC(CN1CCOCC1)c1ccccc1)c1nn(-c2ccc(F)cc2)c2c1CCCC2. The minimum absolute atomic E-state index is 0.146. The van der Waals surface area contributed by atoms with Gasteiger partial charge in [-0.1, -0.05) is 30.3 Å². The Morgan fingerprint density at radius 3 is 2.52 bits per heavy atom. The normalized spacial score (nSPS) is 17.4. The van der Waals surface area contributed by atoms with Crippen LogP contribution >= 0.6 is 0 Å². The van der Waals surface area contributed by atoms with Gasteiger partial charge in [0, 0.05) is 30.9 Å². The third-order valence-electron chi connectivity index (χ3n) is 6.52. The van der Waals surface area contributed by atoms with Crippen molar-refractivity contribution in [1.82, 2.24) is 20.0 Å². The summed E-state index contributed by atoms with van der Waals surface area (Å²) in [5.74, 6) is -0.442. The molecule has 1 atom stereocenters. The van der Waals surface area contributed by atoms with Crippen molar-refractivity contribution in [3.05, 3.63) is 82.9 Å². The molecule has 3 aromatic rings. The summed E-state index contributed by atoms with van der Waals surface area (Å²) in [6, 6.07) is 16.2. The molecule has 0 spiro atoms. The summed E-state index contributed by atoms with van der Waals surface area (Å²) < 4.78 is 20.8. The first-order valence-corrected chi connectivity index (χ1v) is 11.7. The van der Waals surface area contributed by atoms with E-state index in [1.54, 1.807) is 12.1 Å². The lowest BCUT2D eigenvalue weighted by Crippen LogP contribution is -2.43. The summed E-state index contributed by atoms with van der Waals surface area (Å²) in [6.07, 6.45) is 3.80. The number of rotatable bonds is 6. The van der Waals surface area contributed by atoms with Gasteiger partial charge < -0.3 is 10.1 Å². The quantitative estimate of drug-likeness (QED) is 0.625. The number of ether oxygens (including phenoxy) is 1. The molecule has 33 heavy (non-hydrogen) atoms. The zero-order valence-corrected chi connectivity index (χ0v) is 18.7. The topological polar surface area (TPSA) is 59.4 Å². The molecule has 1 aliphatic carbocycles. The van der Waals surface area contributed by atoms with Crippen LogP contribution in [-0.2, 0) is 17.6 Å². The summed E-state index contributed by atoms with van der Waals surface area (Å²) >= 11 is 0. The number of morpholine rings is 1. The van der Waals surface area contributed by atoms with Crippen LogP contribution in [-0.4, -0.2) is 53.4 Å². The molecule has 2 aromatic carbocycles. The molecule has 172 valence electrons. The van der Waals surface area contributed by atoms with Crippen LogP contribution in [0.5, 0.6) is 0 Å². The number of carbonyl (C=O) groups is 1. The van der Waals surface area contributed by atoms with Crippen molar-refractivity contribution in [2.45, 2.75) is 31.7 Å². The molecule has 0 radical (unpaired) electrons. The Hall–Kier alpha value is -3.03. The summed E-state index contributed by atoms with van der Waals surface area (Å²) in [7, 11) is 0. The van der Waals surface area contributed by atoms with Crippen LogP contribution in [0, 0.1) is 5.82 Å². The van der Waals surface area contributed by atoms with Gasteiger partial charge >= 0.3 is 0 Å². The summed E-state index contributed by atoms with van der Waals surface area (Å²) in [6.45, 7) is 3.86. The van der Waals surface area contributed by atoms with Crippen molar-refractivity contribution < 1.29 is 13.9 Å². The lowest BCUT2D eigenvalue weighted by molar-refractivity contribution is 0.0332. The van der Waals surface area contributed by atoms with Crippen molar-refractivity contribution in [2.24, 2.45) is 0 Å². The van der Waals surface area contributed by atoms with Crippen molar-refractivity contribution in [1.29, 1.82) is 0 Å². The van der Waals surface area contributed by atoms with Gasteiger partial charge in [-0.25, -0.2) is 9.07 Å². The molecular weight excluding hydrogens is 419 g/mol. The number of carbonyl (C=O) groups excluding carboxylic acids is 1. The molecule has 2 aliphatic rings. The smallest absolute Gasteiger partial charge is 0.272 e. The lowest BCUT2D eigenvalue weighted by Gasteiger charge is -2.31. The second-order valence-corrected chi connectivity index (χ2v) is 8.72. The molecule has 7 heteroatoms. The predicted molar refractivity (Wildman–Crippen MR) is 124 cm³/mol. The minimum Gasteiger partial charge on any atom is -0.379 e. The number of hydrogen-bond donors (Lipinski definition) is 1. The molecule has 1 unspecified atom stereocenters. The fourth-order valence-corrected chi connectivity index (χ4v) is 4.77. The van der Waals surface area contributed by atoms with Crippen LogP contribution < -0.4 is 5.32 Å². The molecule has 1 saturated heterocycles. The van der Waals surface area contributed by atoms with E-state index in [4.69, 9.17) is 9.84 Å². The van der Waals surface area contributed by atoms with Crippen LogP contribution in [0.15, 0.2) is 54.6 Å². The first-order chi connectivity index (χ1) is 16.2. The van der Waals surface area contributed by atoms with E-state index >= 15 is 0 Å². The van der Waals surface area contributed by atoms with Gasteiger partial charge in [0.15, 0.2) is 5.69 Å². The monoisotopic (exact) mass is 448 g/mol. The largest absolute Gasteiger partial charge is 0.379 e. The van der Waals surface area contributed by atoms with Crippen LogP contribution in [0.1, 0.15) is 46.2 Å². The highest BCUT2D eigenvalue weighted by atomic mass is 19.1. The Bertz CT molecular complexity index is 1090. The van der Waals surface area contributed by atoms with Crippen LogP contribution in [0.2, 0.25) is 0 Å². The van der Waals surface area contributed by atoms with Crippen LogP contribution in [0.4, 0.5) is 4.39 Å². The minimum atomic E-state index is -0.286. The van der Waals surface area contributed by atoms with Crippen molar-refractivity contribution >= 4 is 5.91 Å². The zero-order valence-electron chi connectivity index (χ0n) is 18.7. The Labute approximate surface area is 193 Å². The van der Waals surface area contributed by atoms with Gasteiger partial charge in [-0.15, -0.1) is 0 Å². The fourth-order valence-electron chi connectivity index (χ4n) is 4.77. The van der Waals surface area contributed by atoms with Gasteiger partial charge in [0.2, 0.25) is 0 Å². The highest BCUT2D eigenvalue weighted by molar-refractivity contribution is 5.94. The molecule has 0 saturated carbocycles. The molecule has 6 nitrogen and oxygen atoms in total. The van der Waals surface area contributed by atoms with Gasteiger partial charge in [-0.3, -0.25) is 9.69 Å². The van der Waals surface area contributed by atoms with E-state index in [1.165, 1.54) is 12.1 Å². The molecule has 1 aromatic heterocycles. The van der Waals surface area contributed by atoms with Crippen molar-refractivity contribution in [2.75, 3.05) is 32.8 Å². The molecule has 1 amide bonds. The molecule has 5 rings (SSSR count). The van der Waals surface area contributed by atoms with E-state index in [0.717, 1.165) is 67.8 Å². The predicted octanol–water partition coefficient (Wildman–Crippen LogP) is 3.69. The highest BCUT2D eigenvalue weighted by Gasteiger charge is 2.28. The maximum Gasteiger partial charge on any atom is 0.272 e. The second-order valence-electron chi connectivity index (χ2n) is 8.72. The number of nitrogens with one attached hydrogen (secondary N) is 1. The Kier molecular flexibility index (Phi) is 6.51. The van der Waals surface area contributed by atoms with Crippen molar-refractivity contribution in [3.8, 4) is 5.69 Å². The average Bonchev–Trinajstić information content (AvgIpc) is 3.25. The van der Waals surface area contributed by atoms with Gasteiger partial charge in [-0.2, -0.15) is 5.10 Å². The zero-order chi connectivity index (χ0) is 22.6. The Morgan fingerprint density at radius 1 is 1.03 bits per heavy atom. The second kappa shape index (κ2) is 9.85. The first kappa shape index (κ1) is 21.8. The fraction of sp³-hybridized carbons (Fsp3) is 0.385. The van der Waals surface area contributed by atoms with E-state index < -0.39 is 0 Å². The summed E-state index contributed by atoms with van der Waals surface area (Å²) in [5, 5.41) is 8.00. The molecule has 1 fully saturated rings. The van der Waals surface area contributed by atoms with Gasteiger partial charge in [-0.05, 0) is 55.5 Å². The number of halogens is 1. The van der Waals surface area contributed by atoms with E-state index in [0.29, 0.717) is 18.9 Å². The number of hydrogen-bond acceptors (Lipinski definition) is 4. The lowest BCUT2D eigenvalue weighted by atomic mass is 9.95. The standard InChI is InChI=1S/C26H29FN4O2/c27-20-10-12-21(13-11-20)31-24-9-5-4-8-22(24)25(29-31)26(32)28-23(19-6-2-1-3-7-19)18-30-14-16-33-17-15-30/h1-3,6-7,10-13,23H,4-5,8-9,14-18H2,(H,28,32). The van der Waals surface area contributed by atoms with Crippen LogP contribution in [0.25, 0.3) is 5.69 Å². The molecule has 1 aliphatic heterocycles. The first-order valence-electron chi connectivity index (χ1n) is 11.7. The number of nitrogens with zero attached hydrogens (tertiary/aromatic N) is 3. The van der Waals surface area contributed by atoms with Gasteiger partial charge in [0.25, 0.3) is 5.91 Å². The van der Waals surface area contributed by atoms with E-state index in [9.17, 15) is 9.18 Å². The van der Waals surface area contributed by atoms with E-state index in [-0.39, 0.29) is 17.8 Å². The molecule has 2 heterocycles. The number of fused-ring (bicyclic) bond motifs is 1. The Balaban J connectivity index is 1.44. The van der Waals surface area contributed by atoms with Gasteiger partial charge in [0.1, 0.15) is 5.82 Å². The summed E-state index contributed by atoms with van der Waals surface area (Å²) in [4.78, 5) is 15.9. The average molecular weight is 449 g/mol. The number of aromatic nitrogens is 2. The maximum absolute atomic E-state index is 13.6. The van der Waals surface area contributed by atoms with Crippen molar-refractivity contribution in [3.63, 3.8) is 0 Å². The number of amides is 1. The molecule has 0 bridgehead atoms. The van der Waals surface area contributed by atoms with Gasteiger partial charge in [0.05, 0.1) is 24.9 Å². The van der Waals surface area contributed by atoms with E-state index in [1.807, 2.05) is 22.9 Å². The molecular formula is C26H29FN4O2. The third-order valence-corrected chi connectivity index (χ3v) is 6.52. The highest BCUT2D eigenvalue weighted by Crippen LogP contribution is 2.28. The van der Waals surface area contributed by atoms with Crippen LogP contribution in [0.3, 0.4) is 0 Å². The summed E-state index contributed by atoms with van der Waals surface area (Å²) in [5.41, 5.74) is 4.41. The molecule has 1 N–H and O–H groups in total.